The van der Waals surface area contributed by atoms with Crippen LogP contribution in [0.2, 0.25) is 0 Å². The molecule has 4 atom stereocenters. The lowest BCUT2D eigenvalue weighted by Gasteiger charge is -2.47. The van der Waals surface area contributed by atoms with E-state index in [1.807, 2.05) is 30.6 Å². The molecule has 3 aliphatic heterocycles. The van der Waals surface area contributed by atoms with Crippen LogP contribution in [0, 0.1) is 5.92 Å². The van der Waals surface area contributed by atoms with Crippen molar-refractivity contribution in [2.24, 2.45) is 5.92 Å². The van der Waals surface area contributed by atoms with Crippen LogP contribution in [0.3, 0.4) is 0 Å². The van der Waals surface area contributed by atoms with E-state index in [-0.39, 0.29) is 42.0 Å². The monoisotopic (exact) mass is 294 g/mol. The Balaban J connectivity index is 1.90. The van der Waals surface area contributed by atoms with Crippen molar-refractivity contribution in [1.82, 2.24) is 9.80 Å². The maximum absolute atomic E-state index is 12.9. The van der Waals surface area contributed by atoms with Gasteiger partial charge in [-0.15, -0.1) is 0 Å². The standard InChI is InChI=1S/C16H26N2O3/c1-10(2)14-16(20)17-8-4-6-12(17)15(19)18(14)11(3)13-7-5-9-21-13/h10-14H,4-9H2,1-3H3. The minimum absolute atomic E-state index is 0.0147. The number of hydrogen-bond donors (Lipinski definition) is 0. The van der Waals surface area contributed by atoms with Crippen LogP contribution in [-0.2, 0) is 14.3 Å². The molecule has 4 unspecified atom stereocenters. The molecule has 0 aliphatic carbocycles. The van der Waals surface area contributed by atoms with Crippen molar-refractivity contribution in [3.8, 4) is 0 Å². The maximum atomic E-state index is 12.9. The molecule has 0 aromatic rings. The zero-order chi connectivity index (χ0) is 15.1. The molecule has 0 radical (unpaired) electrons. The number of ether oxygens (including phenoxy) is 1. The van der Waals surface area contributed by atoms with Crippen LogP contribution in [0.15, 0.2) is 0 Å². The third-order valence-electron chi connectivity index (χ3n) is 5.20. The summed E-state index contributed by atoms with van der Waals surface area (Å²) in [6.07, 6.45) is 3.86. The highest BCUT2D eigenvalue weighted by Crippen LogP contribution is 2.33. The summed E-state index contributed by atoms with van der Waals surface area (Å²) in [5.74, 6) is 0.401. The Kier molecular flexibility index (Phi) is 3.95. The SMILES string of the molecule is CC(C)C1C(=O)N2CCCC2C(=O)N1C(C)C1CCCO1. The summed E-state index contributed by atoms with van der Waals surface area (Å²) >= 11 is 0. The number of carbonyl (C=O) groups excluding carboxylic acids is 2. The highest BCUT2D eigenvalue weighted by molar-refractivity contribution is 5.97. The minimum atomic E-state index is -0.328. The molecule has 118 valence electrons. The van der Waals surface area contributed by atoms with Gasteiger partial charge in [0.1, 0.15) is 12.1 Å². The van der Waals surface area contributed by atoms with Gasteiger partial charge in [0.15, 0.2) is 0 Å². The Bertz CT molecular complexity index is 431. The highest BCUT2D eigenvalue weighted by atomic mass is 16.5. The topological polar surface area (TPSA) is 49.9 Å². The lowest BCUT2D eigenvalue weighted by molar-refractivity contribution is -0.166. The molecule has 0 aromatic heterocycles. The molecule has 0 bridgehead atoms. The van der Waals surface area contributed by atoms with Gasteiger partial charge in [0.25, 0.3) is 0 Å². The van der Waals surface area contributed by atoms with Crippen molar-refractivity contribution in [2.45, 2.75) is 70.7 Å². The smallest absolute Gasteiger partial charge is 0.246 e. The first kappa shape index (κ1) is 14.8. The summed E-state index contributed by atoms with van der Waals surface area (Å²) in [5, 5.41) is 0. The van der Waals surface area contributed by atoms with Gasteiger partial charge in [-0.2, -0.15) is 0 Å². The Labute approximate surface area is 126 Å². The summed E-state index contributed by atoms with van der Waals surface area (Å²) in [5.41, 5.74) is 0. The number of nitrogens with zero attached hydrogens (tertiary/aromatic N) is 2. The molecule has 3 heterocycles. The van der Waals surface area contributed by atoms with E-state index in [2.05, 4.69) is 0 Å². The summed E-state index contributed by atoms with van der Waals surface area (Å²) < 4.78 is 5.77. The second-order valence-corrected chi connectivity index (χ2v) is 6.92. The number of amides is 2. The predicted molar refractivity (Wildman–Crippen MR) is 78.6 cm³/mol. The molecule has 2 amide bonds. The summed E-state index contributed by atoms with van der Waals surface area (Å²) in [4.78, 5) is 29.4. The predicted octanol–water partition coefficient (Wildman–Crippen LogP) is 1.41. The molecular weight excluding hydrogens is 268 g/mol. The van der Waals surface area contributed by atoms with E-state index in [4.69, 9.17) is 4.74 Å². The third-order valence-corrected chi connectivity index (χ3v) is 5.20. The van der Waals surface area contributed by atoms with Crippen LogP contribution < -0.4 is 0 Å². The van der Waals surface area contributed by atoms with Crippen molar-refractivity contribution in [1.29, 1.82) is 0 Å². The van der Waals surface area contributed by atoms with Crippen molar-refractivity contribution in [3.63, 3.8) is 0 Å². The van der Waals surface area contributed by atoms with Crippen LogP contribution in [0.5, 0.6) is 0 Å². The number of piperazine rings is 1. The number of rotatable bonds is 3. The van der Waals surface area contributed by atoms with Crippen molar-refractivity contribution in [2.75, 3.05) is 13.2 Å². The van der Waals surface area contributed by atoms with Gasteiger partial charge in [0.05, 0.1) is 12.1 Å². The van der Waals surface area contributed by atoms with E-state index in [0.29, 0.717) is 0 Å². The van der Waals surface area contributed by atoms with Gasteiger partial charge in [-0.1, -0.05) is 13.8 Å². The first-order valence-electron chi connectivity index (χ1n) is 8.26. The molecule has 3 aliphatic rings. The normalized spacial score (nSPS) is 34.8. The Morgan fingerprint density at radius 1 is 1.10 bits per heavy atom. The first-order valence-corrected chi connectivity index (χ1v) is 8.26. The average molecular weight is 294 g/mol. The number of hydrogen-bond acceptors (Lipinski definition) is 3. The molecule has 0 N–H and O–H groups in total. The quantitative estimate of drug-likeness (QED) is 0.791. The number of carbonyl (C=O) groups is 2. The van der Waals surface area contributed by atoms with E-state index >= 15 is 0 Å². The van der Waals surface area contributed by atoms with E-state index in [9.17, 15) is 9.59 Å². The lowest BCUT2D eigenvalue weighted by Crippen LogP contribution is -2.67. The van der Waals surface area contributed by atoms with Gasteiger partial charge < -0.3 is 14.5 Å². The van der Waals surface area contributed by atoms with E-state index in [1.54, 1.807) is 0 Å². The van der Waals surface area contributed by atoms with Crippen LogP contribution in [0.25, 0.3) is 0 Å². The molecule has 5 nitrogen and oxygen atoms in total. The summed E-state index contributed by atoms with van der Waals surface area (Å²) in [6, 6.07) is -0.568. The lowest BCUT2D eigenvalue weighted by atomic mass is 9.92. The Hall–Kier alpha value is -1.10. The summed E-state index contributed by atoms with van der Waals surface area (Å²) in [7, 11) is 0. The van der Waals surface area contributed by atoms with Gasteiger partial charge in [0, 0.05) is 13.2 Å². The molecule has 5 heteroatoms. The third kappa shape index (κ3) is 2.35. The minimum Gasteiger partial charge on any atom is -0.376 e. The Morgan fingerprint density at radius 2 is 1.86 bits per heavy atom. The fourth-order valence-electron chi connectivity index (χ4n) is 4.11. The largest absolute Gasteiger partial charge is 0.376 e. The second kappa shape index (κ2) is 5.59. The fourth-order valence-corrected chi connectivity index (χ4v) is 4.11. The first-order chi connectivity index (χ1) is 10.0. The van der Waals surface area contributed by atoms with Crippen molar-refractivity contribution in [3.05, 3.63) is 0 Å². The van der Waals surface area contributed by atoms with Gasteiger partial charge in [-0.05, 0) is 38.5 Å². The zero-order valence-electron chi connectivity index (χ0n) is 13.2. The van der Waals surface area contributed by atoms with Crippen LogP contribution >= 0.6 is 0 Å². The molecule has 0 saturated carbocycles. The van der Waals surface area contributed by atoms with E-state index in [1.165, 1.54) is 0 Å². The van der Waals surface area contributed by atoms with Gasteiger partial charge in [-0.3, -0.25) is 9.59 Å². The van der Waals surface area contributed by atoms with Crippen molar-refractivity contribution < 1.29 is 14.3 Å². The Morgan fingerprint density at radius 3 is 2.48 bits per heavy atom. The van der Waals surface area contributed by atoms with Crippen LogP contribution in [0.4, 0.5) is 0 Å². The number of fused-ring (bicyclic) bond motifs is 1. The summed E-state index contributed by atoms with van der Waals surface area (Å²) in [6.45, 7) is 7.61. The van der Waals surface area contributed by atoms with Crippen molar-refractivity contribution >= 4 is 11.8 Å². The average Bonchev–Trinajstić information content (AvgIpc) is 3.11. The molecule has 3 fully saturated rings. The van der Waals surface area contributed by atoms with Gasteiger partial charge >= 0.3 is 0 Å². The second-order valence-electron chi connectivity index (χ2n) is 6.92. The molecule has 21 heavy (non-hydrogen) atoms. The van der Waals surface area contributed by atoms with Crippen LogP contribution in [-0.4, -0.2) is 59.0 Å². The fraction of sp³-hybridized carbons (Fsp3) is 0.875. The molecule has 0 aromatic carbocycles. The molecule has 3 rings (SSSR count). The highest BCUT2D eigenvalue weighted by Gasteiger charge is 2.51. The molecular formula is C16H26N2O3. The van der Waals surface area contributed by atoms with E-state index in [0.717, 1.165) is 38.8 Å². The van der Waals surface area contributed by atoms with E-state index < -0.39 is 0 Å². The van der Waals surface area contributed by atoms with Gasteiger partial charge in [0.2, 0.25) is 11.8 Å². The zero-order valence-corrected chi connectivity index (χ0v) is 13.2. The molecule has 3 saturated heterocycles. The molecule has 0 spiro atoms. The maximum Gasteiger partial charge on any atom is 0.246 e. The van der Waals surface area contributed by atoms with Crippen LogP contribution in [0.1, 0.15) is 46.5 Å². The van der Waals surface area contributed by atoms with Gasteiger partial charge in [-0.25, -0.2) is 0 Å².